The molecule has 0 N–H and O–H groups in total. The molecular formula is C69H62N2. The van der Waals surface area contributed by atoms with Crippen LogP contribution < -0.4 is 9.80 Å². The van der Waals surface area contributed by atoms with Gasteiger partial charge in [0.1, 0.15) is 0 Å². The molecule has 0 saturated carbocycles. The van der Waals surface area contributed by atoms with Crippen molar-refractivity contribution in [2.24, 2.45) is 17.8 Å². The van der Waals surface area contributed by atoms with E-state index in [1.165, 1.54) is 100 Å². The molecule has 0 radical (unpaired) electrons. The molecule has 0 saturated heterocycles. The molecule has 7 aromatic rings. The predicted molar refractivity (Wildman–Crippen MR) is 301 cm³/mol. The Morgan fingerprint density at radius 3 is 2.25 bits per heavy atom. The average Bonchev–Trinajstić information content (AvgIpc) is 3.80. The smallest absolute Gasteiger partial charge is 0.0738 e. The van der Waals surface area contributed by atoms with Gasteiger partial charge in [0, 0.05) is 34.0 Å². The zero-order chi connectivity index (χ0) is 48.2. The highest BCUT2D eigenvalue weighted by atomic mass is 15.3. The van der Waals surface area contributed by atoms with E-state index in [4.69, 9.17) is 0 Å². The highest BCUT2D eigenvalue weighted by Crippen LogP contribution is 2.58. The summed E-state index contributed by atoms with van der Waals surface area (Å²) in [5.41, 5.74) is 21.9. The van der Waals surface area contributed by atoms with Gasteiger partial charge in [0.2, 0.25) is 0 Å². The summed E-state index contributed by atoms with van der Waals surface area (Å²) in [6, 6.07) is 55.7. The predicted octanol–water partition coefficient (Wildman–Crippen LogP) is 17.7. The van der Waals surface area contributed by atoms with E-state index in [9.17, 15) is 0 Å². The van der Waals surface area contributed by atoms with Gasteiger partial charge in [-0.15, -0.1) is 0 Å². The number of hydrogen-bond acceptors (Lipinski definition) is 2. The summed E-state index contributed by atoms with van der Waals surface area (Å²) in [7, 11) is 0. The number of anilines is 3. The molecule has 0 fully saturated rings. The molecule has 6 atom stereocenters. The zero-order valence-electron chi connectivity index (χ0n) is 41.9. The van der Waals surface area contributed by atoms with Crippen LogP contribution in [0, 0.1) is 17.8 Å². The van der Waals surface area contributed by atoms with Crippen LogP contribution in [0.5, 0.6) is 0 Å². The van der Waals surface area contributed by atoms with E-state index in [1.807, 2.05) is 0 Å². The summed E-state index contributed by atoms with van der Waals surface area (Å²) < 4.78 is 0. The Balaban J connectivity index is 0.984. The molecule has 1 aliphatic heterocycles. The molecule has 7 aromatic carbocycles. The van der Waals surface area contributed by atoms with Gasteiger partial charge in [-0.2, -0.15) is 0 Å². The summed E-state index contributed by atoms with van der Waals surface area (Å²) in [5, 5.41) is 2.67. The third kappa shape index (κ3) is 6.74. The summed E-state index contributed by atoms with van der Waals surface area (Å²) in [4.78, 5) is 5.36. The first kappa shape index (κ1) is 43.6. The fourth-order valence-corrected chi connectivity index (χ4v) is 13.6. The Labute approximate surface area is 421 Å². The van der Waals surface area contributed by atoms with Crippen molar-refractivity contribution >= 4 is 33.9 Å². The molecule has 2 nitrogen and oxygen atoms in total. The van der Waals surface area contributed by atoms with Gasteiger partial charge < -0.3 is 9.80 Å². The van der Waals surface area contributed by atoms with Gasteiger partial charge in [0.25, 0.3) is 0 Å². The van der Waals surface area contributed by atoms with Gasteiger partial charge in [0.15, 0.2) is 0 Å². The third-order valence-electron chi connectivity index (χ3n) is 17.3. The van der Waals surface area contributed by atoms with E-state index in [0.717, 1.165) is 18.5 Å². The minimum absolute atomic E-state index is 0.109. The molecule has 2 heteroatoms. The Kier molecular flexibility index (Phi) is 10.2. The van der Waals surface area contributed by atoms with Crippen molar-refractivity contribution in [2.75, 3.05) is 9.80 Å². The van der Waals surface area contributed by atoms with Crippen LogP contribution in [0.1, 0.15) is 81.7 Å². The summed E-state index contributed by atoms with van der Waals surface area (Å²) in [6.45, 7) is 14.4. The molecule has 0 aromatic heterocycles. The van der Waals surface area contributed by atoms with E-state index in [0.29, 0.717) is 17.8 Å². The molecular weight excluding hydrogens is 857 g/mol. The Hall–Kier alpha value is -7.42. The van der Waals surface area contributed by atoms with Crippen molar-refractivity contribution in [3.63, 3.8) is 0 Å². The average molecular weight is 919 g/mol. The van der Waals surface area contributed by atoms with Crippen LogP contribution in [0.15, 0.2) is 223 Å². The largest absolute Gasteiger partial charge is 0.354 e. The van der Waals surface area contributed by atoms with Crippen molar-refractivity contribution in [2.45, 2.75) is 77.3 Å². The number of fused-ring (bicyclic) bond motifs is 9. The van der Waals surface area contributed by atoms with Gasteiger partial charge >= 0.3 is 0 Å². The SMILES string of the molecule is CC1C=Cc2ccc3c(-c4cccc(N(C5=CCC(C)C(C6=CC=CC7c8ccccc8N(C8C=CC=CC8C)C67C)=C5)c5ccccc5-c5ccc6c(c5)C(C)(C)c5ccccc5-6)c4)cccc3c2C1. The molecule has 6 unspecified atom stereocenters. The van der Waals surface area contributed by atoms with Crippen LogP contribution in [-0.2, 0) is 11.8 Å². The van der Waals surface area contributed by atoms with Crippen LogP contribution in [0.3, 0.4) is 0 Å². The van der Waals surface area contributed by atoms with Gasteiger partial charge in [0.05, 0.1) is 17.3 Å². The number of rotatable bonds is 7. The summed E-state index contributed by atoms with van der Waals surface area (Å²) in [6.07, 6.45) is 28.3. The van der Waals surface area contributed by atoms with Crippen molar-refractivity contribution in [1.29, 1.82) is 0 Å². The number of hydrogen-bond donors (Lipinski definition) is 0. The molecule has 348 valence electrons. The third-order valence-corrected chi connectivity index (χ3v) is 17.3. The lowest BCUT2D eigenvalue weighted by atomic mass is 9.68. The second-order valence-electron chi connectivity index (χ2n) is 21.9. The lowest BCUT2D eigenvalue weighted by molar-refractivity contribution is 0.411. The van der Waals surface area contributed by atoms with Crippen molar-refractivity contribution in [3.05, 3.63) is 251 Å². The van der Waals surface area contributed by atoms with Gasteiger partial charge in [-0.1, -0.05) is 211 Å². The van der Waals surface area contributed by atoms with Crippen molar-refractivity contribution < 1.29 is 0 Å². The Bertz CT molecular complexity index is 3570. The quantitative estimate of drug-likeness (QED) is 0.157. The van der Waals surface area contributed by atoms with Crippen LogP contribution in [0.4, 0.5) is 17.1 Å². The maximum absolute atomic E-state index is 2.78. The number of allylic oxidation sites excluding steroid dienone is 7. The van der Waals surface area contributed by atoms with Gasteiger partial charge in [-0.25, -0.2) is 0 Å². The molecule has 0 bridgehead atoms. The molecule has 71 heavy (non-hydrogen) atoms. The van der Waals surface area contributed by atoms with Gasteiger partial charge in [-0.05, 0) is 151 Å². The summed E-state index contributed by atoms with van der Waals surface area (Å²) >= 11 is 0. The molecule has 13 rings (SSSR count). The van der Waals surface area contributed by atoms with Crippen LogP contribution >= 0.6 is 0 Å². The molecule has 1 heterocycles. The normalized spacial score (nSPS) is 24.1. The van der Waals surface area contributed by atoms with Crippen LogP contribution in [0.25, 0.3) is 50.2 Å². The van der Waals surface area contributed by atoms with Crippen molar-refractivity contribution in [3.8, 4) is 33.4 Å². The maximum Gasteiger partial charge on any atom is 0.0738 e. The fourth-order valence-electron chi connectivity index (χ4n) is 13.6. The minimum atomic E-state index is -0.298. The molecule has 6 aliphatic rings. The number of nitrogens with zero attached hydrogens (tertiary/aromatic N) is 2. The highest BCUT2D eigenvalue weighted by Gasteiger charge is 2.54. The Morgan fingerprint density at radius 2 is 1.37 bits per heavy atom. The second-order valence-corrected chi connectivity index (χ2v) is 21.9. The number of benzene rings is 7. The maximum atomic E-state index is 2.78. The zero-order valence-corrected chi connectivity index (χ0v) is 41.9. The minimum Gasteiger partial charge on any atom is -0.354 e. The van der Waals surface area contributed by atoms with Crippen molar-refractivity contribution in [1.82, 2.24) is 0 Å². The second kappa shape index (κ2) is 16.6. The topological polar surface area (TPSA) is 6.48 Å². The van der Waals surface area contributed by atoms with Crippen LogP contribution in [-0.4, -0.2) is 11.6 Å². The highest BCUT2D eigenvalue weighted by molar-refractivity contribution is 6.01. The monoisotopic (exact) mass is 918 g/mol. The number of para-hydroxylation sites is 2. The van der Waals surface area contributed by atoms with E-state index in [2.05, 4.69) is 264 Å². The lowest BCUT2D eigenvalue weighted by Gasteiger charge is -2.50. The lowest BCUT2D eigenvalue weighted by Crippen LogP contribution is -2.55. The van der Waals surface area contributed by atoms with E-state index >= 15 is 0 Å². The van der Waals surface area contributed by atoms with Gasteiger partial charge in [-0.3, -0.25) is 0 Å². The van der Waals surface area contributed by atoms with E-state index in [1.54, 1.807) is 0 Å². The fraction of sp³-hybridized carbons (Fsp3) is 0.217. The molecule has 0 amide bonds. The standard InChI is InChI=1S/C69H62N2/c1-44-32-34-47-35-38-55-52(24-16-25-54(55)60(47)40-44)48-19-15-20-50(41-48)70(66-30-13-9-21-53(66)49-36-39-57-56-22-8-11-26-61(56)68(4,5)64(57)42-49)51-37-33-45(2)59(43-51)63-28-17-27-62-58-23-10-14-31-67(58)71(69(62,63)6)65-29-12-7-18-46(65)3/h7-32,34-39,41-46,62,65H,33,40H2,1-6H3. The first-order valence-electron chi connectivity index (χ1n) is 26.1. The molecule has 5 aliphatic carbocycles. The Morgan fingerprint density at radius 1 is 0.606 bits per heavy atom. The molecule has 0 spiro atoms. The van der Waals surface area contributed by atoms with Crippen LogP contribution in [0.2, 0.25) is 0 Å². The van der Waals surface area contributed by atoms with E-state index < -0.39 is 0 Å². The first-order valence-corrected chi connectivity index (χ1v) is 26.1. The summed E-state index contributed by atoms with van der Waals surface area (Å²) in [5.74, 6) is 1.44. The van der Waals surface area contributed by atoms with E-state index in [-0.39, 0.29) is 22.9 Å². The first-order chi connectivity index (χ1) is 34.6.